The van der Waals surface area contributed by atoms with E-state index in [1.165, 1.54) is 12.1 Å². The first-order valence-electron chi connectivity index (χ1n) is 13.2. The van der Waals surface area contributed by atoms with Crippen LogP contribution >= 0.6 is 0 Å². The lowest BCUT2D eigenvalue weighted by atomic mass is 9.96. The quantitative estimate of drug-likeness (QED) is 0.310. The van der Waals surface area contributed by atoms with Crippen LogP contribution in [0.5, 0.6) is 5.75 Å². The van der Waals surface area contributed by atoms with Gasteiger partial charge in [0.2, 0.25) is 0 Å². The van der Waals surface area contributed by atoms with E-state index in [0.717, 1.165) is 65.0 Å². The number of aromatic hydroxyl groups is 1. The minimum Gasteiger partial charge on any atom is -0.505 e. The van der Waals surface area contributed by atoms with Gasteiger partial charge in [0.15, 0.2) is 17.4 Å². The van der Waals surface area contributed by atoms with Crippen molar-refractivity contribution in [2.75, 3.05) is 26.3 Å². The first-order chi connectivity index (χ1) is 18.5. The minimum atomic E-state index is -0.643. The number of amides is 2. The third-order valence-electron chi connectivity index (χ3n) is 7.65. The Morgan fingerprint density at radius 1 is 1.26 bits per heavy atom. The maximum Gasteiger partial charge on any atom is 0.317 e. The van der Waals surface area contributed by atoms with Crippen LogP contribution in [-0.2, 0) is 24.1 Å². The molecule has 4 heterocycles. The Labute approximate surface area is 219 Å². The van der Waals surface area contributed by atoms with Crippen molar-refractivity contribution in [2.24, 2.45) is 5.92 Å². The Morgan fingerprint density at radius 3 is 2.92 bits per heavy atom. The van der Waals surface area contributed by atoms with Crippen molar-refractivity contribution >= 4 is 16.9 Å². The van der Waals surface area contributed by atoms with Crippen molar-refractivity contribution in [3.05, 3.63) is 53.1 Å². The number of urea groups is 1. The summed E-state index contributed by atoms with van der Waals surface area (Å²) in [5.74, 6) is 0.146. The van der Waals surface area contributed by atoms with Gasteiger partial charge in [-0.1, -0.05) is 13.0 Å². The molecule has 9 nitrogen and oxygen atoms in total. The van der Waals surface area contributed by atoms with Gasteiger partial charge < -0.3 is 25.0 Å². The Hall–Kier alpha value is -3.92. The number of hydrogen-bond acceptors (Lipinski definition) is 5. The fourth-order valence-electron chi connectivity index (χ4n) is 5.41. The second-order valence-electron chi connectivity index (χ2n) is 10.1. The van der Waals surface area contributed by atoms with Gasteiger partial charge in [-0.15, -0.1) is 0 Å². The molecule has 0 spiro atoms. The fraction of sp³-hybridized carbons (Fsp3) is 0.393. The van der Waals surface area contributed by atoms with Crippen LogP contribution < -0.4 is 5.32 Å². The number of ether oxygens (including phenoxy) is 1. The molecule has 1 saturated heterocycles. The number of H-pyrrole nitrogens is 2. The summed E-state index contributed by atoms with van der Waals surface area (Å²) >= 11 is 0. The molecular weight excluding hydrogens is 487 g/mol. The van der Waals surface area contributed by atoms with Crippen molar-refractivity contribution in [2.45, 2.75) is 39.2 Å². The molecule has 2 aromatic carbocycles. The molecule has 0 saturated carbocycles. The molecule has 0 aliphatic carbocycles. The van der Waals surface area contributed by atoms with E-state index in [9.17, 15) is 14.3 Å². The van der Waals surface area contributed by atoms with E-state index < -0.39 is 5.82 Å². The molecule has 2 amide bonds. The van der Waals surface area contributed by atoms with Crippen LogP contribution in [0.2, 0.25) is 0 Å². The van der Waals surface area contributed by atoms with Crippen LogP contribution in [-0.4, -0.2) is 62.5 Å². The second kappa shape index (κ2) is 10.1. The van der Waals surface area contributed by atoms with Gasteiger partial charge in [0, 0.05) is 38.1 Å². The maximum absolute atomic E-state index is 14.1. The van der Waals surface area contributed by atoms with Crippen LogP contribution in [0, 0.1) is 11.7 Å². The normalized spacial score (nSPS) is 16.1. The van der Waals surface area contributed by atoms with Gasteiger partial charge in [-0.05, 0) is 66.1 Å². The number of fused-ring (bicyclic) bond motifs is 2. The van der Waals surface area contributed by atoms with Gasteiger partial charge in [0.1, 0.15) is 5.69 Å². The number of nitrogens with one attached hydrogen (secondary N) is 3. The number of aryl methyl sites for hydroxylation is 1. The number of aromatic amines is 2. The summed E-state index contributed by atoms with van der Waals surface area (Å²) in [6, 6.07) is 8.62. The van der Waals surface area contributed by atoms with Gasteiger partial charge in [0.25, 0.3) is 0 Å². The van der Waals surface area contributed by atoms with E-state index in [1.807, 2.05) is 30.0 Å². The number of nitrogens with zero attached hydrogens (tertiary/aromatic N) is 3. The summed E-state index contributed by atoms with van der Waals surface area (Å²) < 4.78 is 19.5. The van der Waals surface area contributed by atoms with E-state index in [2.05, 4.69) is 20.5 Å². The minimum absolute atomic E-state index is 0.0480. The summed E-state index contributed by atoms with van der Waals surface area (Å²) in [5.41, 5.74) is 5.82. The zero-order chi connectivity index (χ0) is 26.2. The summed E-state index contributed by atoms with van der Waals surface area (Å²) in [4.78, 5) is 22.8. The Kier molecular flexibility index (Phi) is 6.49. The number of carbonyl (C=O) groups excluding carboxylic acids is 1. The summed E-state index contributed by atoms with van der Waals surface area (Å²) in [7, 11) is 0. The molecule has 4 aromatic rings. The highest BCUT2D eigenvalue weighted by atomic mass is 19.1. The molecule has 6 rings (SSSR count). The second-order valence-corrected chi connectivity index (χ2v) is 10.1. The van der Waals surface area contributed by atoms with Gasteiger partial charge >= 0.3 is 6.03 Å². The molecule has 2 aliphatic heterocycles. The van der Waals surface area contributed by atoms with E-state index in [0.29, 0.717) is 49.9 Å². The van der Waals surface area contributed by atoms with E-state index >= 15 is 0 Å². The molecule has 0 radical (unpaired) electrons. The zero-order valence-electron chi connectivity index (χ0n) is 21.3. The predicted octanol–water partition coefficient (Wildman–Crippen LogP) is 4.52. The molecule has 0 bridgehead atoms. The highest BCUT2D eigenvalue weighted by Gasteiger charge is 2.26. The predicted molar refractivity (Wildman–Crippen MR) is 141 cm³/mol. The van der Waals surface area contributed by atoms with Crippen molar-refractivity contribution in [1.29, 1.82) is 0 Å². The van der Waals surface area contributed by atoms with Gasteiger partial charge in [-0.25, -0.2) is 14.2 Å². The monoisotopic (exact) mass is 518 g/mol. The summed E-state index contributed by atoms with van der Waals surface area (Å²) in [6.07, 6.45) is 3.31. The van der Waals surface area contributed by atoms with Crippen LogP contribution in [0.1, 0.15) is 36.7 Å². The van der Waals surface area contributed by atoms with E-state index in [4.69, 9.17) is 9.72 Å². The molecule has 0 atom stereocenters. The lowest BCUT2D eigenvalue weighted by Gasteiger charge is -2.28. The molecule has 1 fully saturated rings. The fourth-order valence-corrected chi connectivity index (χ4v) is 5.41. The molecule has 38 heavy (non-hydrogen) atoms. The first kappa shape index (κ1) is 24.4. The van der Waals surface area contributed by atoms with Gasteiger partial charge in [-0.3, -0.25) is 5.10 Å². The molecule has 198 valence electrons. The average Bonchev–Trinajstić information content (AvgIpc) is 3.56. The Morgan fingerprint density at radius 2 is 2.11 bits per heavy atom. The van der Waals surface area contributed by atoms with Crippen molar-refractivity contribution in [1.82, 2.24) is 30.4 Å². The van der Waals surface area contributed by atoms with Crippen LogP contribution in [0.4, 0.5) is 9.18 Å². The highest BCUT2D eigenvalue weighted by molar-refractivity contribution is 5.94. The summed E-state index contributed by atoms with van der Waals surface area (Å²) in [5, 5.41) is 21.3. The van der Waals surface area contributed by atoms with Crippen molar-refractivity contribution in [3.8, 4) is 28.4 Å². The average molecular weight is 519 g/mol. The number of phenolic OH excluding ortho intramolecular Hbond substituents is 1. The first-order valence-corrected chi connectivity index (χ1v) is 13.2. The lowest BCUT2D eigenvalue weighted by molar-refractivity contribution is 0.0663. The largest absolute Gasteiger partial charge is 0.505 e. The smallest absolute Gasteiger partial charge is 0.317 e. The Bertz CT molecular complexity index is 1490. The zero-order valence-corrected chi connectivity index (χ0v) is 21.3. The maximum atomic E-state index is 14.1. The van der Waals surface area contributed by atoms with Crippen LogP contribution in [0.3, 0.4) is 0 Å². The number of hydrogen-bond donors (Lipinski definition) is 4. The van der Waals surface area contributed by atoms with Crippen LogP contribution in [0.15, 0.2) is 30.3 Å². The van der Waals surface area contributed by atoms with Crippen molar-refractivity contribution in [3.63, 3.8) is 0 Å². The molecule has 4 N–H and O–H groups in total. The SMILES string of the molecule is CCc1cc(O)c(F)cc1-c1ccc2c(-c3nc4c([nH]3)CN(C(=O)NCC3CCOCC3)CC4)n[nH]c2c1. The summed E-state index contributed by atoms with van der Waals surface area (Å²) in [6.45, 7) is 5.27. The number of carbonyl (C=O) groups is 1. The molecule has 10 heteroatoms. The topological polar surface area (TPSA) is 119 Å². The van der Waals surface area contributed by atoms with E-state index in [1.54, 1.807) is 0 Å². The Balaban J connectivity index is 1.20. The number of phenols is 1. The third kappa shape index (κ3) is 4.60. The van der Waals surface area contributed by atoms with Gasteiger partial charge in [0.05, 0.1) is 23.4 Å². The standard InChI is InChI=1S/C28H31FN6O3/c1-2-17-12-25(36)21(29)13-20(17)18-3-4-19-23(11-18)33-34-26(19)27-31-22-5-8-35(15-24(22)32-27)28(37)30-14-16-6-9-38-10-7-16/h3-4,11-13,16,36H,2,5-10,14-15H2,1H3,(H,30,37)(H,31,32)(H,33,34). The molecular formula is C28H31FN6O3. The number of aromatic nitrogens is 4. The van der Waals surface area contributed by atoms with Gasteiger partial charge in [-0.2, -0.15) is 5.10 Å². The van der Waals surface area contributed by atoms with E-state index in [-0.39, 0.29) is 11.8 Å². The molecule has 2 aromatic heterocycles. The molecule has 2 aliphatic rings. The van der Waals surface area contributed by atoms with Crippen LogP contribution in [0.25, 0.3) is 33.5 Å². The molecule has 0 unspecified atom stereocenters. The van der Waals surface area contributed by atoms with Crippen molar-refractivity contribution < 1.29 is 19.0 Å². The number of benzene rings is 2. The third-order valence-corrected chi connectivity index (χ3v) is 7.65. The lowest BCUT2D eigenvalue weighted by Crippen LogP contribution is -2.44. The number of imidazole rings is 1. The number of halogens is 1. The number of rotatable bonds is 5. The highest BCUT2D eigenvalue weighted by Crippen LogP contribution is 2.34.